The molecule has 0 saturated carbocycles. The van der Waals surface area contributed by atoms with E-state index in [0.717, 1.165) is 5.39 Å². The molecule has 0 saturated heterocycles. The Morgan fingerprint density at radius 3 is 2.75 bits per heavy atom. The number of ether oxygens (including phenoxy) is 1. The number of para-hydroxylation sites is 1. The van der Waals surface area contributed by atoms with Gasteiger partial charge in [-0.2, -0.15) is 0 Å². The number of furan rings is 1. The van der Waals surface area contributed by atoms with E-state index in [2.05, 4.69) is 15.6 Å². The first-order chi connectivity index (χ1) is 13.5. The maximum absolute atomic E-state index is 12.2. The van der Waals surface area contributed by atoms with E-state index in [0.29, 0.717) is 11.1 Å². The lowest BCUT2D eigenvalue weighted by atomic mass is 9.76. The second-order valence-corrected chi connectivity index (χ2v) is 5.97. The van der Waals surface area contributed by atoms with Gasteiger partial charge in [0.05, 0.1) is 19.3 Å². The summed E-state index contributed by atoms with van der Waals surface area (Å²) >= 11 is 0. The van der Waals surface area contributed by atoms with Gasteiger partial charge < -0.3 is 29.8 Å². The van der Waals surface area contributed by atoms with Crippen LogP contribution in [0, 0.1) is 0 Å². The first kappa shape index (κ1) is 19.4. The minimum atomic E-state index is -1.88. The molecule has 0 spiro atoms. The number of hydrogen-bond acceptors (Lipinski definition) is 7. The van der Waals surface area contributed by atoms with Crippen LogP contribution in [-0.2, 0) is 16.0 Å². The van der Waals surface area contributed by atoms with E-state index in [1.807, 2.05) is 18.2 Å². The Balaban J connectivity index is 1.69. The SMILES string of the molecule is COc1ncccc1NC(=O)C(=O)N[C@@H](Cc1coc2ccccc12)B(O)O. The van der Waals surface area contributed by atoms with E-state index in [1.54, 1.807) is 12.1 Å². The molecule has 1 atom stereocenters. The predicted octanol–water partition coefficient (Wildman–Crippen LogP) is 0.514. The molecule has 0 aliphatic carbocycles. The average molecular weight is 383 g/mol. The molecule has 1 aromatic carbocycles. The molecule has 0 bridgehead atoms. The molecule has 28 heavy (non-hydrogen) atoms. The molecule has 2 amide bonds. The van der Waals surface area contributed by atoms with E-state index < -0.39 is 24.9 Å². The molecule has 3 aromatic rings. The minimum absolute atomic E-state index is 0.0594. The fourth-order valence-electron chi connectivity index (χ4n) is 2.72. The second kappa shape index (κ2) is 8.55. The summed E-state index contributed by atoms with van der Waals surface area (Å²) in [4.78, 5) is 28.3. The molecule has 0 unspecified atom stereocenters. The van der Waals surface area contributed by atoms with Crippen LogP contribution in [-0.4, -0.2) is 47.0 Å². The smallest absolute Gasteiger partial charge is 0.475 e. The van der Waals surface area contributed by atoms with Crippen LogP contribution >= 0.6 is 0 Å². The Kier molecular flexibility index (Phi) is 5.92. The fraction of sp³-hybridized carbons (Fsp3) is 0.167. The Bertz CT molecular complexity index is 990. The van der Waals surface area contributed by atoms with Gasteiger partial charge in [-0.25, -0.2) is 4.98 Å². The van der Waals surface area contributed by atoms with Crippen LogP contribution in [0.4, 0.5) is 5.69 Å². The summed E-state index contributed by atoms with van der Waals surface area (Å²) in [6.45, 7) is 0. The highest BCUT2D eigenvalue weighted by Crippen LogP contribution is 2.22. The second-order valence-electron chi connectivity index (χ2n) is 5.97. The number of nitrogens with zero attached hydrogens (tertiary/aromatic N) is 1. The van der Waals surface area contributed by atoms with Gasteiger partial charge in [0, 0.05) is 11.6 Å². The van der Waals surface area contributed by atoms with Crippen molar-refractivity contribution in [1.29, 1.82) is 0 Å². The van der Waals surface area contributed by atoms with E-state index in [1.165, 1.54) is 25.6 Å². The summed E-state index contributed by atoms with van der Waals surface area (Å²) < 4.78 is 10.4. The van der Waals surface area contributed by atoms with Crippen molar-refractivity contribution in [3.63, 3.8) is 0 Å². The van der Waals surface area contributed by atoms with Crippen molar-refractivity contribution in [2.75, 3.05) is 12.4 Å². The van der Waals surface area contributed by atoms with Crippen molar-refractivity contribution in [2.24, 2.45) is 0 Å². The zero-order chi connectivity index (χ0) is 20.1. The Morgan fingerprint density at radius 1 is 1.21 bits per heavy atom. The summed E-state index contributed by atoms with van der Waals surface area (Å²) in [5.41, 5.74) is 1.52. The van der Waals surface area contributed by atoms with Gasteiger partial charge in [0.1, 0.15) is 11.3 Å². The number of carbonyl (C=O) groups is 2. The van der Waals surface area contributed by atoms with Gasteiger partial charge in [-0.1, -0.05) is 18.2 Å². The third kappa shape index (κ3) is 4.30. The summed E-state index contributed by atoms with van der Waals surface area (Å²) in [7, 11) is -0.496. The van der Waals surface area contributed by atoms with Gasteiger partial charge in [0.2, 0.25) is 5.88 Å². The molecule has 0 radical (unpaired) electrons. The highest BCUT2D eigenvalue weighted by Gasteiger charge is 2.29. The average Bonchev–Trinajstić information content (AvgIpc) is 3.10. The largest absolute Gasteiger partial charge is 0.480 e. The van der Waals surface area contributed by atoms with Gasteiger partial charge in [-0.3, -0.25) is 9.59 Å². The summed E-state index contributed by atoms with van der Waals surface area (Å²) in [6.07, 6.45) is 3.01. The van der Waals surface area contributed by atoms with Crippen LogP contribution in [0.3, 0.4) is 0 Å². The minimum Gasteiger partial charge on any atom is -0.480 e. The number of carbonyl (C=O) groups excluding carboxylic acids is 2. The Hall–Kier alpha value is -3.37. The molecular formula is C18H18BN3O6. The lowest BCUT2D eigenvalue weighted by Gasteiger charge is -2.17. The predicted molar refractivity (Wildman–Crippen MR) is 101 cm³/mol. The third-order valence-corrected chi connectivity index (χ3v) is 4.10. The fourth-order valence-corrected chi connectivity index (χ4v) is 2.72. The van der Waals surface area contributed by atoms with Crippen molar-refractivity contribution >= 4 is 35.6 Å². The molecule has 3 rings (SSSR count). The molecule has 2 heterocycles. The van der Waals surface area contributed by atoms with Gasteiger partial charge in [0.15, 0.2) is 0 Å². The number of hydrogen-bond donors (Lipinski definition) is 4. The monoisotopic (exact) mass is 383 g/mol. The first-order valence-corrected chi connectivity index (χ1v) is 8.41. The molecule has 0 fully saturated rings. The maximum Gasteiger partial charge on any atom is 0.475 e. The quantitative estimate of drug-likeness (QED) is 0.360. The van der Waals surface area contributed by atoms with Crippen molar-refractivity contribution in [2.45, 2.75) is 12.4 Å². The number of aromatic nitrogens is 1. The summed E-state index contributed by atoms with van der Waals surface area (Å²) in [5.74, 6) is -2.99. The third-order valence-electron chi connectivity index (χ3n) is 4.10. The molecule has 4 N–H and O–H groups in total. The summed E-state index contributed by atoms with van der Waals surface area (Å²) in [6, 6.07) is 10.3. The molecule has 10 heteroatoms. The molecule has 9 nitrogen and oxygen atoms in total. The number of amides is 2. The van der Waals surface area contributed by atoms with Crippen LogP contribution < -0.4 is 15.4 Å². The van der Waals surface area contributed by atoms with Crippen molar-refractivity contribution in [3.05, 3.63) is 54.4 Å². The maximum atomic E-state index is 12.2. The standard InChI is InChI=1S/C18H18BN3O6/c1-27-18-13(6-4-8-20-18)21-16(23)17(24)22-15(19(25)26)9-11-10-28-14-7-3-2-5-12(11)14/h2-8,10,15,25-26H,9H2,1H3,(H,21,23)(H,22,24)/t15-/m0/s1. The molecular weight excluding hydrogens is 365 g/mol. The number of nitrogens with one attached hydrogen (secondary N) is 2. The Morgan fingerprint density at radius 2 is 2.00 bits per heavy atom. The van der Waals surface area contributed by atoms with Crippen LogP contribution in [0.25, 0.3) is 11.0 Å². The number of benzene rings is 1. The molecule has 0 aliphatic rings. The van der Waals surface area contributed by atoms with E-state index >= 15 is 0 Å². The number of anilines is 1. The highest BCUT2D eigenvalue weighted by atomic mass is 16.5. The molecule has 144 valence electrons. The number of pyridine rings is 1. The Labute approximate surface area is 160 Å². The normalized spacial score (nSPS) is 11.7. The van der Waals surface area contributed by atoms with Gasteiger partial charge in [0.25, 0.3) is 0 Å². The zero-order valence-corrected chi connectivity index (χ0v) is 15.0. The first-order valence-electron chi connectivity index (χ1n) is 8.41. The summed E-state index contributed by atoms with van der Waals surface area (Å²) in [5, 5.41) is 24.7. The van der Waals surface area contributed by atoms with Crippen molar-refractivity contribution in [3.8, 4) is 5.88 Å². The van der Waals surface area contributed by atoms with Crippen LogP contribution in [0.5, 0.6) is 5.88 Å². The van der Waals surface area contributed by atoms with Gasteiger partial charge in [-0.15, -0.1) is 0 Å². The number of fused-ring (bicyclic) bond motifs is 1. The lowest BCUT2D eigenvalue weighted by molar-refractivity contribution is -0.136. The molecule has 2 aromatic heterocycles. The number of rotatable bonds is 6. The van der Waals surface area contributed by atoms with Crippen LogP contribution in [0.15, 0.2) is 53.3 Å². The van der Waals surface area contributed by atoms with Crippen molar-refractivity contribution in [1.82, 2.24) is 10.3 Å². The van der Waals surface area contributed by atoms with Crippen LogP contribution in [0.2, 0.25) is 0 Å². The van der Waals surface area contributed by atoms with Crippen molar-refractivity contribution < 1.29 is 28.8 Å². The van der Waals surface area contributed by atoms with Crippen LogP contribution in [0.1, 0.15) is 5.56 Å². The topological polar surface area (TPSA) is 134 Å². The van der Waals surface area contributed by atoms with E-state index in [-0.39, 0.29) is 18.0 Å². The lowest BCUT2D eigenvalue weighted by Crippen LogP contribution is -2.51. The van der Waals surface area contributed by atoms with E-state index in [4.69, 9.17) is 9.15 Å². The highest BCUT2D eigenvalue weighted by molar-refractivity contribution is 6.46. The molecule has 0 aliphatic heterocycles. The van der Waals surface area contributed by atoms with E-state index in [9.17, 15) is 19.6 Å². The van der Waals surface area contributed by atoms with Gasteiger partial charge in [-0.05, 0) is 30.2 Å². The van der Waals surface area contributed by atoms with Gasteiger partial charge >= 0.3 is 18.9 Å². The number of methoxy groups -OCH3 is 1. The zero-order valence-electron chi connectivity index (χ0n) is 15.0.